The number of carbonyl (C=O) groups is 1. The van der Waals surface area contributed by atoms with Gasteiger partial charge in [0.05, 0.1) is 13.1 Å². The van der Waals surface area contributed by atoms with E-state index in [2.05, 4.69) is 28.4 Å². The van der Waals surface area contributed by atoms with Crippen LogP contribution in [0.2, 0.25) is 0 Å². The number of quaternary nitrogens is 1. The van der Waals surface area contributed by atoms with Gasteiger partial charge in [0.1, 0.15) is 6.54 Å². The molecule has 4 aliphatic heterocycles. The van der Waals surface area contributed by atoms with Gasteiger partial charge in [0, 0.05) is 53.8 Å². The zero-order valence-electron chi connectivity index (χ0n) is 20.7. The molecule has 0 saturated carbocycles. The predicted molar refractivity (Wildman–Crippen MR) is 141 cm³/mol. The van der Waals surface area contributed by atoms with E-state index in [-0.39, 0.29) is 12.1 Å². The Morgan fingerprint density at radius 1 is 1.17 bits per heavy atom. The number of hydrogen-bond acceptors (Lipinski definition) is 8. The van der Waals surface area contributed by atoms with Gasteiger partial charge in [-0.05, 0) is 18.4 Å². The smallest absolute Gasteiger partial charge is 0.332 e. The fourth-order valence-electron chi connectivity index (χ4n) is 6.09. The molecule has 0 N–H and O–H groups in total. The van der Waals surface area contributed by atoms with Crippen LogP contribution in [0.3, 0.4) is 0 Å². The molecule has 3 aromatic rings. The van der Waals surface area contributed by atoms with E-state index in [0.29, 0.717) is 24.2 Å². The first-order valence-electron chi connectivity index (χ1n) is 12.9. The summed E-state index contributed by atoms with van der Waals surface area (Å²) in [6.45, 7) is 7.50. The minimum atomic E-state index is -0.733. The number of hydrogen-bond donors (Lipinski definition) is 0. The maximum absolute atomic E-state index is 13.9. The molecule has 0 radical (unpaired) electrons. The van der Waals surface area contributed by atoms with Crippen molar-refractivity contribution in [3.8, 4) is 11.4 Å². The number of esters is 1. The second-order valence-electron chi connectivity index (χ2n) is 10.4. The molecule has 190 valence electrons. The third kappa shape index (κ3) is 4.51. The van der Waals surface area contributed by atoms with E-state index in [1.165, 1.54) is 0 Å². The molecule has 7 nitrogen and oxygen atoms in total. The Balaban J connectivity index is 1.19. The lowest BCUT2D eigenvalue weighted by Gasteiger charge is -2.52. The standard InChI is InChI=1S/C27H33N4O3S2/c1-27(23-8-5-15-36-23,30-11-16-35-17-12-30)26(32)33-22-18-31(13-9-20(22)10-14-31)19-24-28-25(29-34-24)21-6-3-2-4-7-21/h2-8,15,20,22H,9-14,16-19H2,1H3/q+1/t20?,22-,27?,31?/m0/s1. The van der Waals surface area contributed by atoms with Crippen LogP contribution in [-0.2, 0) is 21.6 Å². The zero-order chi connectivity index (χ0) is 24.6. The Hall–Kier alpha value is -2.20. The number of fused-ring (bicyclic) bond motifs is 3. The van der Waals surface area contributed by atoms with E-state index in [9.17, 15) is 4.79 Å². The Bertz CT molecular complexity index is 1170. The average Bonchev–Trinajstić information content (AvgIpc) is 3.63. The molecular formula is C27H33N4O3S2+. The maximum atomic E-state index is 13.9. The summed E-state index contributed by atoms with van der Waals surface area (Å²) in [5, 5.41) is 6.28. The summed E-state index contributed by atoms with van der Waals surface area (Å²) < 4.78 is 13.0. The van der Waals surface area contributed by atoms with Crippen molar-refractivity contribution < 1.29 is 18.5 Å². The maximum Gasteiger partial charge on any atom is 0.332 e. The van der Waals surface area contributed by atoms with Crippen molar-refractivity contribution in [2.24, 2.45) is 5.92 Å². The van der Waals surface area contributed by atoms with E-state index < -0.39 is 5.54 Å². The fourth-order valence-corrected chi connectivity index (χ4v) is 7.90. The number of thioether (sulfide) groups is 1. The van der Waals surface area contributed by atoms with Crippen LogP contribution >= 0.6 is 23.1 Å². The van der Waals surface area contributed by atoms with Crippen LogP contribution in [-0.4, -0.2) is 75.8 Å². The van der Waals surface area contributed by atoms with Crippen molar-refractivity contribution in [1.82, 2.24) is 15.0 Å². The lowest BCUT2D eigenvalue weighted by Crippen LogP contribution is -2.64. The van der Waals surface area contributed by atoms with Crippen molar-refractivity contribution in [2.75, 3.05) is 44.2 Å². The summed E-state index contributed by atoms with van der Waals surface area (Å²) >= 11 is 3.61. The second kappa shape index (κ2) is 9.93. The normalized spacial score (nSPS) is 28.0. The molecule has 2 atom stereocenters. The number of carbonyl (C=O) groups excluding carboxylic acids is 1. The monoisotopic (exact) mass is 525 g/mol. The topological polar surface area (TPSA) is 68.5 Å². The van der Waals surface area contributed by atoms with Gasteiger partial charge in [0.2, 0.25) is 5.82 Å². The van der Waals surface area contributed by atoms with Crippen LogP contribution in [0, 0.1) is 5.92 Å². The highest BCUT2D eigenvalue weighted by Gasteiger charge is 2.51. The molecule has 2 aromatic heterocycles. The third-order valence-corrected chi connectivity index (χ3v) is 10.3. The molecule has 7 rings (SSSR count). The number of piperidine rings is 3. The Labute approximate surface area is 220 Å². The molecule has 0 amide bonds. The van der Waals surface area contributed by atoms with E-state index in [0.717, 1.165) is 72.0 Å². The van der Waals surface area contributed by atoms with Gasteiger partial charge in [-0.2, -0.15) is 16.7 Å². The number of aromatic nitrogens is 2. The number of nitrogens with zero attached hydrogens (tertiary/aromatic N) is 4. The molecule has 0 spiro atoms. The van der Waals surface area contributed by atoms with Crippen LogP contribution in [0.1, 0.15) is 30.5 Å². The van der Waals surface area contributed by atoms with Gasteiger partial charge >= 0.3 is 5.97 Å². The molecule has 36 heavy (non-hydrogen) atoms. The van der Waals surface area contributed by atoms with Gasteiger partial charge in [-0.1, -0.05) is 41.6 Å². The molecule has 0 aliphatic carbocycles. The summed E-state index contributed by atoms with van der Waals surface area (Å²) in [5.41, 5.74) is 0.226. The van der Waals surface area contributed by atoms with Gasteiger partial charge in [-0.3, -0.25) is 4.90 Å². The fraction of sp³-hybridized carbons (Fsp3) is 0.519. The first-order valence-corrected chi connectivity index (χ1v) is 14.9. The zero-order valence-corrected chi connectivity index (χ0v) is 22.3. The predicted octanol–water partition coefficient (Wildman–Crippen LogP) is 4.41. The molecule has 9 heteroatoms. The molecule has 2 bridgehead atoms. The van der Waals surface area contributed by atoms with Crippen molar-refractivity contribution >= 4 is 29.1 Å². The van der Waals surface area contributed by atoms with Gasteiger partial charge < -0.3 is 13.7 Å². The van der Waals surface area contributed by atoms with Gasteiger partial charge in [-0.15, -0.1) is 11.3 Å². The number of thiophene rings is 1. The van der Waals surface area contributed by atoms with Gasteiger partial charge in [0.25, 0.3) is 5.89 Å². The molecule has 6 heterocycles. The molecule has 4 fully saturated rings. The highest BCUT2D eigenvalue weighted by molar-refractivity contribution is 7.99. The van der Waals surface area contributed by atoms with Crippen molar-refractivity contribution in [3.63, 3.8) is 0 Å². The van der Waals surface area contributed by atoms with Crippen molar-refractivity contribution in [1.29, 1.82) is 0 Å². The average molecular weight is 526 g/mol. The highest BCUT2D eigenvalue weighted by atomic mass is 32.2. The van der Waals surface area contributed by atoms with E-state index in [4.69, 9.17) is 14.2 Å². The van der Waals surface area contributed by atoms with E-state index in [1.54, 1.807) is 11.3 Å². The van der Waals surface area contributed by atoms with Crippen molar-refractivity contribution in [2.45, 2.75) is 38.0 Å². The Morgan fingerprint density at radius 2 is 1.94 bits per heavy atom. The summed E-state index contributed by atoms with van der Waals surface area (Å²) in [6, 6.07) is 14.0. The third-order valence-electron chi connectivity index (χ3n) is 8.31. The Morgan fingerprint density at radius 3 is 2.67 bits per heavy atom. The van der Waals surface area contributed by atoms with Crippen LogP contribution in [0.5, 0.6) is 0 Å². The number of benzene rings is 1. The molecular weight excluding hydrogens is 492 g/mol. The molecule has 1 unspecified atom stereocenters. The van der Waals surface area contributed by atoms with Crippen LogP contribution in [0.4, 0.5) is 0 Å². The SMILES string of the molecule is CC(C(=O)O[C@H]1C[N+]2(Cc3nc(-c4ccccc4)no3)CCC1CC2)(c1cccs1)N1CCSCC1. The van der Waals surface area contributed by atoms with Gasteiger partial charge in [0.15, 0.2) is 18.2 Å². The van der Waals surface area contributed by atoms with Crippen LogP contribution < -0.4 is 0 Å². The highest BCUT2D eigenvalue weighted by Crippen LogP contribution is 2.40. The van der Waals surface area contributed by atoms with Gasteiger partial charge in [-0.25, -0.2) is 4.79 Å². The second-order valence-corrected chi connectivity index (χ2v) is 12.6. The first-order chi connectivity index (χ1) is 17.6. The van der Waals surface area contributed by atoms with E-state index >= 15 is 0 Å². The largest absolute Gasteiger partial charge is 0.454 e. The molecule has 4 saturated heterocycles. The van der Waals surface area contributed by atoms with Crippen LogP contribution in [0.15, 0.2) is 52.4 Å². The quantitative estimate of drug-likeness (QED) is 0.334. The van der Waals surface area contributed by atoms with Crippen LogP contribution in [0.25, 0.3) is 11.4 Å². The van der Waals surface area contributed by atoms with E-state index in [1.807, 2.05) is 48.2 Å². The molecule has 1 aromatic carbocycles. The summed E-state index contributed by atoms with van der Waals surface area (Å²) in [4.78, 5) is 22.0. The van der Waals surface area contributed by atoms with Crippen molar-refractivity contribution in [3.05, 3.63) is 58.6 Å². The molecule has 4 aliphatic rings. The number of rotatable bonds is 7. The first kappa shape index (κ1) is 24.2. The Kier molecular flexibility index (Phi) is 6.66. The number of ether oxygens (including phenoxy) is 1. The minimum absolute atomic E-state index is 0.0741. The summed E-state index contributed by atoms with van der Waals surface area (Å²) in [7, 11) is 0. The minimum Gasteiger partial charge on any atom is -0.454 e. The lowest BCUT2D eigenvalue weighted by molar-refractivity contribution is -0.959. The summed E-state index contributed by atoms with van der Waals surface area (Å²) in [5.74, 6) is 3.72. The summed E-state index contributed by atoms with van der Waals surface area (Å²) in [6.07, 6.45) is 2.05. The lowest BCUT2D eigenvalue weighted by atomic mass is 9.83.